The maximum Gasteiger partial charge on any atom is 0.515 e. The topological polar surface area (TPSA) is 141 Å². The maximum atomic E-state index is 12.6. The molecule has 188 valence electrons. The number of ether oxygens (including phenoxy) is 2. The van der Waals surface area contributed by atoms with E-state index in [0.717, 1.165) is 11.8 Å². The monoisotopic (exact) mass is 511 g/mol. The lowest BCUT2D eigenvalue weighted by Gasteiger charge is -2.09. The molecule has 36 heavy (non-hydrogen) atoms. The van der Waals surface area contributed by atoms with Gasteiger partial charge < -0.3 is 14.8 Å². The van der Waals surface area contributed by atoms with Gasteiger partial charge in [0.1, 0.15) is 0 Å². The molecular weight excluding hydrogens is 486 g/mol. The molecule has 3 aromatic rings. The second-order valence-electron chi connectivity index (χ2n) is 7.58. The Morgan fingerprint density at radius 1 is 0.944 bits per heavy atom. The minimum atomic E-state index is -4.18. The molecule has 0 saturated heterocycles. The van der Waals surface area contributed by atoms with Gasteiger partial charge in [-0.15, -0.1) is 0 Å². The normalized spacial score (nSPS) is 10.8. The summed E-state index contributed by atoms with van der Waals surface area (Å²) in [6.45, 7) is 2.02. The fourth-order valence-corrected chi connectivity index (χ4v) is 3.93. The molecule has 0 unspecified atom stereocenters. The van der Waals surface area contributed by atoms with Crippen LogP contribution in [0.25, 0.3) is 0 Å². The van der Waals surface area contributed by atoms with Crippen molar-refractivity contribution in [3.05, 3.63) is 84.1 Å². The van der Waals surface area contributed by atoms with Gasteiger partial charge in [0.15, 0.2) is 0 Å². The molecule has 1 heterocycles. The average Bonchev–Trinajstić information content (AvgIpc) is 2.87. The van der Waals surface area contributed by atoms with Crippen LogP contribution in [0.1, 0.15) is 35.7 Å². The fraction of sp³-hybridized carbons (Fsp3) is 0.200. The standard InChI is InChI=1S/C25H25N3O7S/c1-2-16-34-25(31)35-23-15-9-19(17-26-23)24(30)28-36(32,33)21-12-10-20(11-13-21)27-22(29)14-8-18-6-4-3-5-7-18/h3-7,9-13,15,17H,2,8,14,16H2,1H3,(H,27,29)(H,28,30). The molecule has 0 atom stereocenters. The molecule has 2 aromatic carbocycles. The molecule has 10 nitrogen and oxygen atoms in total. The van der Waals surface area contributed by atoms with E-state index in [9.17, 15) is 22.8 Å². The van der Waals surface area contributed by atoms with Gasteiger partial charge in [0, 0.05) is 24.4 Å². The molecule has 0 radical (unpaired) electrons. The molecular formula is C25H25N3O7S. The van der Waals surface area contributed by atoms with Gasteiger partial charge >= 0.3 is 6.16 Å². The van der Waals surface area contributed by atoms with Crippen LogP contribution in [0.5, 0.6) is 5.88 Å². The molecule has 0 aliphatic carbocycles. The molecule has 2 amide bonds. The number of nitrogens with zero attached hydrogens (tertiary/aromatic N) is 1. The van der Waals surface area contributed by atoms with Crippen LogP contribution < -0.4 is 14.8 Å². The van der Waals surface area contributed by atoms with E-state index in [2.05, 4.69) is 10.3 Å². The highest BCUT2D eigenvalue weighted by Gasteiger charge is 2.19. The molecule has 0 aliphatic rings. The van der Waals surface area contributed by atoms with Crippen molar-refractivity contribution in [3.8, 4) is 5.88 Å². The number of anilines is 1. The summed E-state index contributed by atoms with van der Waals surface area (Å²) in [6.07, 6.45) is 1.62. The van der Waals surface area contributed by atoms with E-state index in [1.165, 1.54) is 36.4 Å². The lowest BCUT2D eigenvalue weighted by molar-refractivity contribution is -0.116. The summed E-state index contributed by atoms with van der Waals surface area (Å²) < 4.78 is 36.8. The SMILES string of the molecule is CCCOC(=O)Oc1ccc(C(=O)NS(=O)(=O)c2ccc(NC(=O)CCc3ccccc3)cc2)cn1. The van der Waals surface area contributed by atoms with Gasteiger partial charge in [-0.3, -0.25) is 9.59 Å². The van der Waals surface area contributed by atoms with Crippen molar-refractivity contribution in [2.75, 3.05) is 11.9 Å². The Morgan fingerprint density at radius 3 is 2.31 bits per heavy atom. The van der Waals surface area contributed by atoms with Gasteiger partial charge in [0.2, 0.25) is 11.8 Å². The van der Waals surface area contributed by atoms with Crippen LogP contribution in [-0.2, 0) is 26.0 Å². The van der Waals surface area contributed by atoms with Gasteiger partial charge in [0.25, 0.3) is 15.9 Å². The van der Waals surface area contributed by atoms with Crippen molar-refractivity contribution in [1.82, 2.24) is 9.71 Å². The molecule has 0 spiro atoms. The Labute approximate surface area is 208 Å². The number of aromatic nitrogens is 1. The molecule has 0 fully saturated rings. The first kappa shape index (κ1) is 26.4. The third-order valence-electron chi connectivity index (χ3n) is 4.77. The van der Waals surface area contributed by atoms with Crippen LogP contribution in [0.2, 0.25) is 0 Å². The van der Waals surface area contributed by atoms with Crippen LogP contribution in [0.15, 0.2) is 77.8 Å². The average molecular weight is 512 g/mol. The van der Waals surface area contributed by atoms with Crippen LogP contribution in [0.3, 0.4) is 0 Å². The number of carbonyl (C=O) groups is 3. The van der Waals surface area contributed by atoms with E-state index < -0.39 is 22.1 Å². The lowest BCUT2D eigenvalue weighted by atomic mass is 10.1. The maximum absolute atomic E-state index is 12.6. The van der Waals surface area contributed by atoms with Crippen molar-refractivity contribution in [1.29, 1.82) is 0 Å². The van der Waals surface area contributed by atoms with E-state index >= 15 is 0 Å². The van der Waals surface area contributed by atoms with Crippen molar-refractivity contribution >= 4 is 33.7 Å². The Hall–Kier alpha value is -4.25. The number of amides is 2. The van der Waals surface area contributed by atoms with Crippen molar-refractivity contribution in [2.45, 2.75) is 31.1 Å². The zero-order valence-electron chi connectivity index (χ0n) is 19.5. The zero-order valence-corrected chi connectivity index (χ0v) is 20.3. The van der Waals surface area contributed by atoms with Crippen molar-refractivity contribution < 1.29 is 32.3 Å². The predicted octanol–water partition coefficient (Wildman–Crippen LogP) is 3.70. The zero-order chi connectivity index (χ0) is 26.0. The molecule has 0 saturated carbocycles. The highest BCUT2D eigenvalue weighted by molar-refractivity contribution is 7.90. The van der Waals surface area contributed by atoms with Crippen LogP contribution in [0.4, 0.5) is 10.5 Å². The Balaban J connectivity index is 1.54. The molecule has 2 N–H and O–H groups in total. The number of rotatable bonds is 10. The second kappa shape index (κ2) is 12.5. The lowest BCUT2D eigenvalue weighted by Crippen LogP contribution is -2.30. The van der Waals surface area contributed by atoms with Crippen molar-refractivity contribution in [3.63, 3.8) is 0 Å². The number of aryl methyl sites for hydroxylation is 1. The van der Waals surface area contributed by atoms with E-state index in [4.69, 9.17) is 9.47 Å². The van der Waals surface area contributed by atoms with E-state index in [0.29, 0.717) is 18.5 Å². The number of benzene rings is 2. The van der Waals surface area contributed by atoms with Gasteiger partial charge in [-0.05, 0) is 48.7 Å². The number of sulfonamides is 1. The largest absolute Gasteiger partial charge is 0.515 e. The third kappa shape index (κ3) is 7.91. The fourth-order valence-electron chi connectivity index (χ4n) is 2.96. The summed E-state index contributed by atoms with van der Waals surface area (Å²) in [5.74, 6) is -1.22. The quantitative estimate of drug-likeness (QED) is 0.393. The van der Waals surface area contributed by atoms with Gasteiger partial charge in [-0.25, -0.2) is 22.9 Å². The summed E-state index contributed by atoms with van der Waals surface area (Å²) in [5, 5.41) is 2.71. The Kier molecular flexibility index (Phi) is 9.12. The smallest absolute Gasteiger partial charge is 0.434 e. The number of pyridine rings is 1. The highest BCUT2D eigenvalue weighted by Crippen LogP contribution is 2.16. The first-order valence-electron chi connectivity index (χ1n) is 11.1. The van der Waals surface area contributed by atoms with Crippen LogP contribution >= 0.6 is 0 Å². The van der Waals surface area contributed by atoms with Gasteiger partial charge in [-0.1, -0.05) is 37.3 Å². The summed E-state index contributed by atoms with van der Waals surface area (Å²) in [6, 6.07) is 17.5. The van der Waals surface area contributed by atoms with Gasteiger partial charge in [0.05, 0.1) is 17.1 Å². The second-order valence-corrected chi connectivity index (χ2v) is 9.26. The minimum absolute atomic E-state index is 0.0600. The molecule has 1 aromatic heterocycles. The summed E-state index contributed by atoms with van der Waals surface area (Å²) in [4.78, 5) is 39.6. The van der Waals surface area contributed by atoms with Crippen LogP contribution in [-0.4, -0.2) is 38.0 Å². The van der Waals surface area contributed by atoms with E-state index in [1.807, 2.05) is 42.0 Å². The minimum Gasteiger partial charge on any atom is -0.434 e. The Bertz CT molecular complexity index is 1290. The molecule has 0 bridgehead atoms. The summed E-state index contributed by atoms with van der Waals surface area (Å²) in [5.41, 5.74) is 1.41. The van der Waals surface area contributed by atoms with Crippen molar-refractivity contribution in [2.24, 2.45) is 0 Å². The first-order chi connectivity index (χ1) is 17.3. The first-order valence-corrected chi connectivity index (χ1v) is 12.6. The van der Waals surface area contributed by atoms with E-state index in [1.54, 1.807) is 0 Å². The molecule has 0 aliphatic heterocycles. The number of hydrogen-bond acceptors (Lipinski definition) is 8. The highest BCUT2D eigenvalue weighted by atomic mass is 32.2. The Morgan fingerprint density at radius 2 is 1.67 bits per heavy atom. The summed E-state index contributed by atoms with van der Waals surface area (Å²) in [7, 11) is -4.18. The summed E-state index contributed by atoms with van der Waals surface area (Å²) >= 11 is 0. The number of carbonyl (C=O) groups excluding carboxylic acids is 3. The number of hydrogen-bond donors (Lipinski definition) is 2. The third-order valence-corrected chi connectivity index (χ3v) is 6.12. The van der Waals surface area contributed by atoms with Gasteiger partial charge in [-0.2, -0.15) is 0 Å². The van der Waals surface area contributed by atoms with E-state index in [-0.39, 0.29) is 35.3 Å². The molecule has 11 heteroatoms. The molecule has 3 rings (SSSR count). The van der Waals surface area contributed by atoms with Crippen LogP contribution in [0, 0.1) is 0 Å². The predicted molar refractivity (Wildman–Crippen MR) is 131 cm³/mol. The number of nitrogens with one attached hydrogen (secondary N) is 2.